The summed E-state index contributed by atoms with van der Waals surface area (Å²) in [5.41, 5.74) is 4.11. The third kappa shape index (κ3) is 3.70. The van der Waals surface area contributed by atoms with Crippen molar-refractivity contribution in [3.05, 3.63) is 53.1 Å². The quantitative estimate of drug-likeness (QED) is 0.670. The molecule has 0 aliphatic heterocycles. The Balaban J connectivity index is 1.74. The van der Waals surface area contributed by atoms with Crippen LogP contribution in [-0.2, 0) is 4.79 Å². The van der Waals surface area contributed by atoms with E-state index in [-0.39, 0.29) is 5.91 Å². The molecule has 134 valence electrons. The van der Waals surface area contributed by atoms with Crippen LogP contribution in [-0.4, -0.2) is 25.1 Å². The molecule has 0 atom stereocenters. The van der Waals surface area contributed by atoms with Crippen molar-refractivity contribution in [2.24, 2.45) is 0 Å². The minimum Gasteiger partial charge on any atom is -0.493 e. The zero-order chi connectivity index (χ0) is 18.7. The fourth-order valence-electron chi connectivity index (χ4n) is 2.55. The van der Waals surface area contributed by atoms with Crippen LogP contribution >= 0.6 is 11.3 Å². The molecule has 0 saturated heterocycles. The Morgan fingerprint density at radius 1 is 1.12 bits per heavy atom. The highest BCUT2D eigenvalue weighted by molar-refractivity contribution is 7.22. The lowest BCUT2D eigenvalue weighted by Crippen LogP contribution is -2.07. The van der Waals surface area contributed by atoms with Crippen LogP contribution in [0.2, 0.25) is 0 Å². The van der Waals surface area contributed by atoms with Gasteiger partial charge in [-0.3, -0.25) is 10.1 Å². The van der Waals surface area contributed by atoms with E-state index in [1.165, 1.54) is 23.0 Å². The van der Waals surface area contributed by atoms with Crippen molar-refractivity contribution in [2.45, 2.75) is 13.8 Å². The lowest BCUT2D eigenvalue weighted by atomic mass is 10.1. The zero-order valence-electron chi connectivity index (χ0n) is 15.1. The topological polar surface area (TPSA) is 60.5 Å². The van der Waals surface area contributed by atoms with E-state index in [2.05, 4.69) is 23.3 Å². The molecule has 0 saturated carbocycles. The molecule has 1 heterocycles. The SMILES string of the molecule is COc1ccc(/C=C/C(=O)Nc2nc3c(C)c(C)ccc3s2)cc1OC. The molecule has 1 aromatic heterocycles. The van der Waals surface area contributed by atoms with Gasteiger partial charge >= 0.3 is 0 Å². The lowest BCUT2D eigenvalue weighted by molar-refractivity contribution is -0.111. The molecule has 0 aliphatic rings. The number of fused-ring (bicyclic) bond motifs is 1. The second-order valence-electron chi connectivity index (χ2n) is 5.81. The van der Waals surface area contributed by atoms with Crippen molar-refractivity contribution in [2.75, 3.05) is 19.5 Å². The summed E-state index contributed by atoms with van der Waals surface area (Å²) in [5, 5.41) is 3.42. The fourth-order valence-corrected chi connectivity index (χ4v) is 3.48. The standard InChI is InChI=1S/C20H20N2O3S/c1-12-5-9-17-19(13(12)2)22-20(26-17)21-18(23)10-7-14-6-8-15(24-3)16(11-14)25-4/h5-11H,1-4H3,(H,21,22,23)/b10-7+. The number of carbonyl (C=O) groups is 1. The number of hydrogen-bond donors (Lipinski definition) is 1. The number of aryl methyl sites for hydroxylation is 2. The predicted molar refractivity (Wildman–Crippen MR) is 106 cm³/mol. The maximum Gasteiger partial charge on any atom is 0.250 e. The van der Waals surface area contributed by atoms with Gasteiger partial charge in [-0.15, -0.1) is 0 Å². The van der Waals surface area contributed by atoms with Crippen molar-refractivity contribution < 1.29 is 14.3 Å². The molecule has 0 fully saturated rings. The van der Waals surface area contributed by atoms with E-state index in [0.29, 0.717) is 16.6 Å². The number of nitrogens with zero attached hydrogens (tertiary/aromatic N) is 1. The molecule has 0 bridgehead atoms. The van der Waals surface area contributed by atoms with E-state index < -0.39 is 0 Å². The summed E-state index contributed by atoms with van der Waals surface area (Å²) in [6, 6.07) is 9.57. The number of nitrogens with one attached hydrogen (secondary N) is 1. The lowest BCUT2D eigenvalue weighted by Gasteiger charge is -2.07. The van der Waals surface area contributed by atoms with E-state index in [9.17, 15) is 4.79 Å². The van der Waals surface area contributed by atoms with Gasteiger partial charge in [-0.25, -0.2) is 4.98 Å². The van der Waals surface area contributed by atoms with Gasteiger partial charge in [0.1, 0.15) is 0 Å². The number of rotatable bonds is 5. The number of anilines is 1. The monoisotopic (exact) mass is 368 g/mol. The van der Waals surface area contributed by atoms with Gasteiger partial charge in [0.05, 0.1) is 24.4 Å². The van der Waals surface area contributed by atoms with E-state index in [0.717, 1.165) is 21.3 Å². The number of carbonyl (C=O) groups excluding carboxylic acids is 1. The average molecular weight is 368 g/mol. The van der Waals surface area contributed by atoms with Crippen LogP contribution < -0.4 is 14.8 Å². The molecule has 3 rings (SSSR count). The molecule has 6 heteroatoms. The molecule has 0 radical (unpaired) electrons. The predicted octanol–water partition coefficient (Wildman–Crippen LogP) is 4.58. The van der Waals surface area contributed by atoms with Crippen LogP contribution in [0, 0.1) is 13.8 Å². The van der Waals surface area contributed by atoms with E-state index in [1.54, 1.807) is 26.4 Å². The summed E-state index contributed by atoms with van der Waals surface area (Å²) in [6.07, 6.45) is 3.20. The molecular formula is C20H20N2O3S. The fraction of sp³-hybridized carbons (Fsp3) is 0.200. The van der Waals surface area contributed by atoms with E-state index in [4.69, 9.17) is 9.47 Å². The highest BCUT2D eigenvalue weighted by Gasteiger charge is 2.09. The molecule has 1 N–H and O–H groups in total. The van der Waals surface area contributed by atoms with Crippen molar-refractivity contribution in [3.8, 4) is 11.5 Å². The van der Waals surface area contributed by atoms with Crippen LogP contribution in [0.3, 0.4) is 0 Å². The van der Waals surface area contributed by atoms with Crippen molar-refractivity contribution in [3.63, 3.8) is 0 Å². The molecule has 0 aliphatic carbocycles. The summed E-state index contributed by atoms with van der Waals surface area (Å²) in [6.45, 7) is 4.10. The summed E-state index contributed by atoms with van der Waals surface area (Å²) in [7, 11) is 3.16. The Bertz CT molecular complexity index is 992. The highest BCUT2D eigenvalue weighted by atomic mass is 32.1. The molecular weight excluding hydrogens is 348 g/mol. The third-order valence-corrected chi connectivity index (χ3v) is 5.09. The molecule has 3 aromatic rings. The Hall–Kier alpha value is -2.86. The first-order valence-corrected chi connectivity index (χ1v) is 8.91. The number of methoxy groups -OCH3 is 2. The smallest absolute Gasteiger partial charge is 0.250 e. The van der Waals surface area contributed by atoms with Gasteiger partial charge in [0.2, 0.25) is 5.91 Å². The van der Waals surface area contributed by atoms with Gasteiger partial charge < -0.3 is 9.47 Å². The Kier molecular flexibility index (Phi) is 5.23. The maximum absolute atomic E-state index is 12.2. The molecule has 26 heavy (non-hydrogen) atoms. The molecule has 1 amide bonds. The van der Waals surface area contributed by atoms with Gasteiger partial charge in [-0.2, -0.15) is 0 Å². The number of benzene rings is 2. The molecule has 2 aromatic carbocycles. The van der Waals surface area contributed by atoms with Gasteiger partial charge in [0, 0.05) is 6.08 Å². The first kappa shape index (κ1) is 17.9. The van der Waals surface area contributed by atoms with Crippen LogP contribution in [0.25, 0.3) is 16.3 Å². The maximum atomic E-state index is 12.2. The summed E-state index contributed by atoms with van der Waals surface area (Å²) in [5.74, 6) is 1.04. The summed E-state index contributed by atoms with van der Waals surface area (Å²) in [4.78, 5) is 16.7. The number of hydrogen-bond acceptors (Lipinski definition) is 5. The Morgan fingerprint density at radius 3 is 2.62 bits per heavy atom. The third-order valence-electron chi connectivity index (χ3n) is 4.15. The summed E-state index contributed by atoms with van der Waals surface area (Å²) < 4.78 is 11.5. The highest BCUT2D eigenvalue weighted by Crippen LogP contribution is 2.30. The zero-order valence-corrected chi connectivity index (χ0v) is 15.9. The van der Waals surface area contributed by atoms with Gasteiger partial charge in [-0.05, 0) is 54.8 Å². The van der Waals surface area contributed by atoms with Crippen LogP contribution in [0.4, 0.5) is 5.13 Å². The van der Waals surface area contributed by atoms with E-state index in [1.807, 2.05) is 25.1 Å². The average Bonchev–Trinajstić information content (AvgIpc) is 3.06. The van der Waals surface area contributed by atoms with Crippen LogP contribution in [0.1, 0.15) is 16.7 Å². The molecule has 5 nitrogen and oxygen atoms in total. The molecule has 0 spiro atoms. The number of ether oxygens (including phenoxy) is 2. The normalized spacial score (nSPS) is 11.1. The second kappa shape index (κ2) is 7.58. The Labute approximate surface area is 156 Å². The van der Waals surface area contributed by atoms with Gasteiger partial charge in [-0.1, -0.05) is 23.5 Å². The van der Waals surface area contributed by atoms with Crippen molar-refractivity contribution in [1.29, 1.82) is 0 Å². The first-order valence-electron chi connectivity index (χ1n) is 8.09. The minimum atomic E-state index is -0.229. The minimum absolute atomic E-state index is 0.229. The van der Waals surface area contributed by atoms with Gasteiger partial charge in [0.15, 0.2) is 16.6 Å². The first-order chi connectivity index (χ1) is 12.5. The van der Waals surface area contributed by atoms with Crippen LogP contribution in [0.15, 0.2) is 36.4 Å². The van der Waals surface area contributed by atoms with E-state index >= 15 is 0 Å². The Morgan fingerprint density at radius 2 is 1.88 bits per heavy atom. The number of aromatic nitrogens is 1. The molecule has 0 unspecified atom stereocenters. The summed E-state index contributed by atoms with van der Waals surface area (Å²) >= 11 is 1.47. The number of amides is 1. The van der Waals surface area contributed by atoms with Crippen LogP contribution in [0.5, 0.6) is 11.5 Å². The second-order valence-corrected chi connectivity index (χ2v) is 6.84. The van der Waals surface area contributed by atoms with Crippen molar-refractivity contribution >= 4 is 38.7 Å². The largest absolute Gasteiger partial charge is 0.493 e. The van der Waals surface area contributed by atoms with Crippen molar-refractivity contribution in [1.82, 2.24) is 4.98 Å². The van der Waals surface area contributed by atoms with Gasteiger partial charge in [0.25, 0.3) is 0 Å². The number of thiazole rings is 1.